The van der Waals surface area contributed by atoms with E-state index in [1.165, 1.54) is 29.3 Å². The van der Waals surface area contributed by atoms with Gasteiger partial charge in [-0.25, -0.2) is 13.1 Å². The van der Waals surface area contributed by atoms with Crippen LogP contribution >= 0.6 is 0 Å². The minimum Gasteiger partial charge on any atom is -0.352 e. The molecule has 0 spiro atoms. The van der Waals surface area contributed by atoms with Gasteiger partial charge in [0.15, 0.2) is 0 Å². The summed E-state index contributed by atoms with van der Waals surface area (Å²) < 4.78 is 27.0. The number of benzene rings is 3. The lowest BCUT2D eigenvalue weighted by molar-refractivity contribution is 0.0952. The molecule has 0 aliphatic heterocycles. The maximum absolute atomic E-state index is 12.6. The molecule has 160 valence electrons. The van der Waals surface area contributed by atoms with Crippen molar-refractivity contribution in [2.45, 2.75) is 17.2 Å². The predicted octanol–water partition coefficient (Wildman–Crippen LogP) is 4.10. The van der Waals surface area contributed by atoms with Crippen molar-refractivity contribution in [2.75, 3.05) is 13.1 Å². The number of rotatable bonds is 10. The molecule has 0 aliphatic rings. The van der Waals surface area contributed by atoms with Crippen LogP contribution in [-0.4, -0.2) is 27.4 Å². The van der Waals surface area contributed by atoms with Gasteiger partial charge in [-0.05, 0) is 35.7 Å². The fraction of sp³-hybridized carbons (Fsp3) is 0.160. The van der Waals surface area contributed by atoms with Crippen molar-refractivity contribution in [2.24, 2.45) is 0 Å². The first-order valence-corrected chi connectivity index (χ1v) is 11.6. The van der Waals surface area contributed by atoms with Gasteiger partial charge in [0.2, 0.25) is 10.0 Å². The molecule has 3 aromatic carbocycles. The standard InChI is InChI=1S/C25H26N2O3S/c1-2-17-27-31(29,30)23-15-9-14-22(19-23)25(28)26-18-16-24(20-10-5-3-6-11-20)21-12-7-4-8-13-21/h2-15,19,24,27H,1,16-18H2,(H,26,28). The number of carbonyl (C=O) groups is 1. The first-order chi connectivity index (χ1) is 15.0. The first-order valence-electron chi connectivity index (χ1n) is 10.1. The van der Waals surface area contributed by atoms with E-state index in [0.29, 0.717) is 12.1 Å². The van der Waals surface area contributed by atoms with Crippen LogP contribution in [-0.2, 0) is 10.0 Å². The number of amides is 1. The largest absolute Gasteiger partial charge is 0.352 e. The summed E-state index contributed by atoms with van der Waals surface area (Å²) in [7, 11) is -3.69. The average Bonchev–Trinajstić information content (AvgIpc) is 2.81. The highest BCUT2D eigenvalue weighted by Gasteiger charge is 2.17. The third kappa shape index (κ3) is 6.13. The summed E-state index contributed by atoms with van der Waals surface area (Å²) >= 11 is 0. The van der Waals surface area contributed by atoms with Crippen molar-refractivity contribution in [3.8, 4) is 0 Å². The van der Waals surface area contributed by atoms with E-state index in [9.17, 15) is 13.2 Å². The summed E-state index contributed by atoms with van der Waals surface area (Å²) in [6, 6.07) is 26.4. The molecule has 0 saturated heterocycles. The van der Waals surface area contributed by atoms with E-state index < -0.39 is 10.0 Å². The summed E-state index contributed by atoms with van der Waals surface area (Å²) in [5.41, 5.74) is 2.67. The second kappa shape index (κ2) is 10.7. The minimum atomic E-state index is -3.69. The van der Waals surface area contributed by atoms with Crippen molar-refractivity contribution in [1.29, 1.82) is 0 Å². The molecule has 0 aliphatic carbocycles. The molecule has 0 atom stereocenters. The molecule has 0 bridgehead atoms. The fourth-order valence-corrected chi connectivity index (χ4v) is 4.43. The highest BCUT2D eigenvalue weighted by Crippen LogP contribution is 2.27. The molecule has 3 rings (SSSR count). The van der Waals surface area contributed by atoms with E-state index in [1.54, 1.807) is 12.1 Å². The first kappa shape index (κ1) is 22.5. The maximum Gasteiger partial charge on any atom is 0.251 e. The second-order valence-electron chi connectivity index (χ2n) is 7.09. The van der Waals surface area contributed by atoms with E-state index in [1.807, 2.05) is 36.4 Å². The molecule has 3 aromatic rings. The molecule has 0 fully saturated rings. The van der Waals surface area contributed by atoms with E-state index in [0.717, 1.165) is 6.42 Å². The lowest BCUT2D eigenvalue weighted by Crippen LogP contribution is -2.27. The maximum atomic E-state index is 12.6. The molecule has 1 amide bonds. The van der Waals surface area contributed by atoms with Crippen molar-refractivity contribution in [3.63, 3.8) is 0 Å². The fourth-order valence-electron chi connectivity index (χ4n) is 3.39. The lowest BCUT2D eigenvalue weighted by atomic mass is 9.88. The van der Waals surface area contributed by atoms with E-state index in [-0.39, 0.29) is 23.3 Å². The van der Waals surface area contributed by atoms with Crippen LogP contribution in [0.4, 0.5) is 0 Å². The zero-order valence-electron chi connectivity index (χ0n) is 17.2. The van der Waals surface area contributed by atoms with Gasteiger partial charge in [-0.2, -0.15) is 0 Å². The molecule has 6 heteroatoms. The summed E-state index contributed by atoms with van der Waals surface area (Å²) in [6.45, 7) is 4.09. The molecule has 0 saturated carbocycles. The summed E-state index contributed by atoms with van der Waals surface area (Å²) in [5, 5.41) is 2.92. The van der Waals surface area contributed by atoms with E-state index in [2.05, 4.69) is 40.9 Å². The van der Waals surface area contributed by atoms with Gasteiger partial charge in [-0.3, -0.25) is 4.79 Å². The van der Waals surface area contributed by atoms with Crippen LogP contribution in [0.15, 0.2) is 102 Å². The zero-order valence-corrected chi connectivity index (χ0v) is 18.0. The summed E-state index contributed by atoms with van der Waals surface area (Å²) in [4.78, 5) is 12.7. The van der Waals surface area contributed by atoms with Crippen LogP contribution in [0.2, 0.25) is 0 Å². The van der Waals surface area contributed by atoms with Gasteiger partial charge in [0.25, 0.3) is 5.91 Å². The Hall–Kier alpha value is -3.22. The van der Waals surface area contributed by atoms with Gasteiger partial charge in [-0.15, -0.1) is 6.58 Å². The van der Waals surface area contributed by atoms with Crippen LogP contribution in [0.1, 0.15) is 33.8 Å². The Morgan fingerprint density at radius 3 is 2.10 bits per heavy atom. The molecular formula is C25H26N2O3S. The van der Waals surface area contributed by atoms with E-state index >= 15 is 0 Å². The predicted molar refractivity (Wildman–Crippen MR) is 124 cm³/mol. The van der Waals surface area contributed by atoms with Crippen LogP contribution in [0.5, 0.6) is 0 Å². The molecule has 31 heavy (non-hydrogen) atoms. The van der Waals surface area contributed by atoms with Gasteiger partial charge in [-0.1, -0.05) is 72.8 Å². The summed E-state index contributed by atoms with van der Waals surface area (Å²) in [6.07, 6.45) is 2.18. The molecule has 0 aromatic heterocycles. The van der Waals surface area contributed by atoms with Crippen LogP contribution in [0.3, 0.4) is 0 Å². The number of hydrogen-bond acceptors (Lipinski definition) is 3. The molecule has 0 radical (unpaired) electrons. The van der Waals surface area contributed by atoms with Crippen molar-refractivity contribution >= 4 is 15.9 Å². The third-order valence-electron chi connectivity index (χ3n) is 4.95. The smallest absolute Gasteiger partial charge is 0.251 e. The SMILES string of the molecule is C=CCNS(=O)(=O)c1cccc(C(=O)NCCC(c2ccccc2)c2ccccc2)c1. The molecule has 0 heterocycles. The molecular weight excluding hydrogens is 408 g/mol. The van der Waals surface area contributed by atoms with Gasteiger partial charge >= 0.3 is 0 Å². The molecule has 0 unspecified atom stereocenters. The Bertz CT molecular complexity index is 1070. The topological polar surface area (TPSA) is 75.3 Å². The normalized spacial score (nSPS) is 11.3. The van der Waals surface area contributed by atoms with Gasteiger partial charge in [0.1, 0.15) is 0 Å². The Labute approximate surface area is 183 Å². The van der Waals surface area contributed by atoms with Crippen molar-refractivity contribution in [3.05, 3.63) is 114 Å². The highest BCUT2D eigenvalue weighted by molar-refractivity contribution is 7.89. The number of sulfonamides is 1. The minimum absolute atomic E-state index is 0.0495. The molecule has 5 nitrogen and oxygen atoms in total. The Morgan fingerprint density at radius 1 is 0.903 bits per heavy atom. The number of hydrogen-bond donors (Lipinski definition) is 2. The van der Waals surface area contributed by atoms with Crippen LogP contribution in [0.25, 0.3) is 0 Å². The van der Waals surface area contributed by atoms with Gasteiger partial charge in [0, 0.05) is 24.6 Å². The quantitative estimate of drug-likeness (QED) is 0.472. The van der Waals surface area contributed by atoms with Gasteiger partial charge in [0.05, 0.1) is 4.90 Å². The zero-order chi connectivity index (χ0) is 22.1. The van der Waals surface area contributed by atoms with Crippen LogP contribution in [0, 0.1) is 0 Å². The number of nitrogens with one attached hydrogen (secondary N) is 2. The Kier molecular flexibility index (Phi) is 7.76. The second-order valence-corrected chi connectivity index (χ2v) is 8.85. The Morgan fingerprint density at radius 2 is 1.52 bits per heavy atom. The monoisotopic (exact) mass is 434 g/mol. The third-order valence-corrected chi connectivity index (χ3v) is 6.37. The lowest BCUT2D eigenvalue weighted by Gasteiger charge is -2.18. The van der Waals surface area contributed by atoms with E-state index in [4.69, 9.17) is 0 Å². The summed E-state index contributed by atoms with van der Waals surface area (Å²) in [5.74, 6) is -0.154. The Balaban J connectivity index is 1.68. The number of carbonyl (C=O) groups excluding carboxylic acids is 1. The van der Waals surface area contributed by atoms with Crippen LogP contribution < -0.4 is 10.0 Å². The van der Waals surface area contributed by atoms with Gasteiger partial charge < -0.3 is 5.32 Å². The van der Waals surface area contributed by atoms with Crippen molar-refractivity contribution in [1.82, 2.24) is 10.0 Å². The average molecular weight is 435 g/mol. The highest BCUT2D eigenvalue weighted by atomic mass is 32.2. The van der Waals surface area contributed by atoms with Crippen molar-refractivity contribution < 1.29 is 13.2 Å². The molecule has 2 N–H and O–H groups in total.